The predicted molar refractivity (Wildman–Crippen MR) is 85.7 cm³/mol. The summed E-state index contributed by atoms with van der Waals surface area (Å²) < 4.78 is 13.7. The topological polar surface area (TPSA) is 96.0 Å². The van der Waals surface area contributed by atoms with Crippen LogP contribution in [0, 0.1) is 0 Å². The van der Waals surface area contributed by atoms with Crippen LogP contribution in [0.15, 0.2) is 0 Å². The number of Topliss-reactive ketones (excluding diaryl/α,β-unsaturated/α-hetero) is 1. The summed E-state index contributed by atoms with van der Waals surface area (Å²) in [7, 11) is 0. The van der Waals surface area contributed by atoms with Gasteiger partial charge in [-0.2, -0.15) is 0 Å². The van der Waals surface area contributed by atoms with Crippen molar-refractivity contribution in [3.8, 4) is 0 Å². The molecule has 0 rings (SSSR count). The van der Waals surface area contributed by atoms with Crippen molar-refractivity contribution in [1.29, 1.82) is 0 Å². The summed E-state index contributed by atoms with van der Waals surface area (Å²) >= 11 is 0. The Morgan fingerprint density at radius 2 is 1.13 bits per heavy atom. The molecule has 7 heteroatoms. The summed E-state index contributed by atoms with van der Waals surface area (Å²) in [4.78, 5) is 40.7. The van der Waals surface area contributed by atoms with Gasteiger partial charge in [-0.25, -0.2) is 0 Å². The van der Waals surface area contributed by atoms with Gasteiger partial charge in [0.2, 0.25) is 0 Å². The number of ketones is 1. The molecule has 23 heavy (non-hydrogen) atoms. The van der Waals surface area contributed by atoms with E-state index in [0.717, 1.165) is 0 Å². The molecular formula is C16H30O7. The van der Waals surface area contributed by atoms with Crippen molar-refractivity contribution in [2.75, 3.05) is 6.61 Å². The maximum atomic E-state index is 10.4. The van der Waals surface area contributed by atoms with E-state index in [4.69, 9.17) is 0 Å². The van der Waals surface area contributed by atoms with Crippen LogP contribution in [0.25, 0.3) is 0 Å². The Labute approximate surface area is 138 Å². The number of esters is 3. The summed E-state index contributed by atoms with van der Waals surface area (Å²) in [6.45, 7) is 13.5. The van der Waals surface area contributed by atoms with Crippen LogP contribution in [-0.2, 0) is 33.4 Å². The first kappa shape index (κ1) is 26.0. The molecule has 0 heterocycles. The Bertz CT molecular complexity index is 339. The minimum atomic E-state index is -0.440. The Hall–Kier alpha value is -1.92. The molecule has 0 bridgehead atoms. The molecule has 0 spiro atoms. The Kier molecular flexibility index (Phi) is 18.6. The van der Waals surface area contributed by atoms with E-state index in [9.17, 15) is 19.2 Å². The van der Waals surface area contributed by atoms with Gasteiger partial charge in [-0.1, -0.05) is 0 Å². The van der Waals surface area contributed by atoms with Crippen LogP contribution in [0.2, 0.25) is 0 Å². The van der Waals surface area contributed by atoms with Crippen molar-refractivity contribution in [3.05, 3.63) is 0 Å². The molecule has 0 unspecified atom stereocenters. The molecule has 0 aliphatic rings. The Morgan fingerprint density at radius 3 is 1.26 bits per heavy atom. The van der Waals surface area contributed by atoms with Crippen molar-refractivity contribution in [1.82, 2.24) is 0 Å². The van der Waals surface area contributed by atoms with E-state index in [-0.39, 0.29) is 36.4 Å². The Morgan fingerprint density at radius 1 is 0.783 bits per heavy atom. The Balaban J connectivity index is -0.000000264. The van der Waals surface area contributed by atoms with Gasteiger partial charge in [0.05, 0.1) is 18.8 Å². The van der Waals surface area contributed by atoms with Gasteiger partial charge < -0.3 is 14.2 Å². The van der Waals surface area contributed by atoms with Crippen LogP contribution in [0.4, 0.5) is 0 Å². The molecule has 136 valence electrons. The zero-order valence-electron chi connectivity index (χ0n) is 15.4. The average Bonchev–Trinajstić information content (AvgIpc) is 2.25. The minimum absolute atomic E-state index is 0.0255. The zero-order valence-corrected chi connectivity index (χ0v) is 15.4. The molecule has 0 aromatic carbocycles. The molecule has 0 aliphatic carbocycles. The van der Waals surface area contributed by atoms with Gasteiger partial charge in [-0.15, -0.1) is 0 Å². The highest BCUT2D eigenvalue weighted by Crippen LogP contribution is 1.87. The van der Waals surface area contributed by atoms with Crippen LogP contribution in [-0.4, -0.2) is 42.5 Å². The van der Waals surface area contributed by atoms with Crippen molar-refractivity contribution >= 4 is 23.7 Å². The first-order valence-corrected chi connectivity index (χ1v) is 7.41. The zero-order chi connectivity index (χ0) is 19.0. The third-order valence-electron chi connectivity index (χ3n) is 1.50. The highest BCUT2D eigenvalue weighted by atomic mass is 16.5. The van der Waals surface area contributed by atoms with Crippen molar-refractivity contribution in [2.24, 2.45) is 0 Å². The molecule has 0 radical (unpaired) electrons. The van der Waals surface area contributed by atoms with E-state index in [1.807, 2.05) is 27.7 Å². The van der Waals surface area contributed by atoms with Crippen LogP contribution in [0.5, 0.6) is 0 Å². The van der Waals surface area contributed by atoms with E-state index in [1.165, 1.54) is 20.8 Å². The third kappa shape index (κ3) is 38.4. The molecule has 0 N–H and O–H groups in total. The third-order valence-corrected chi connectivity index (χ3v) is 1.50. The number of hydrogen-bond acceptors (Lipinski definition) is 7. The smallest absolute Gasteiger partial charge is 0.313 e. The number of carbonyl (C=O) groups excluding carboxylic acids is 4. The summed E-state index contributed by atoms with van der Waals surface area (Å²) in [5, 5.41) is 0. The lowest BCUT2D eigenvalue weighted by Gasteiger charge is -2.01. The van der Waals surface area contributed by atoms with E-state index >= 15 is 0 Å². The molecule has 0 atom stereocenters. The van der Waals surface area contributed by atoms with Crippen LogP contribution in [0.1, 0.15) is 61.8 Å². The summed E-state index contributed by atoms with van der Waals surface area (Å²) in [6, 6.07) is 0. The summed E-state index contributed by atoms with van der Waals surface area (Å²) in [5.41, 5.74) is 0. The summed E-state index contributed by atoms with van der Waals surface area (Å²) in [5.74, 6) is -1.02. The fourth-order valence-electron chi connectivity index (χ4n) is 1.08. The van der Waals surface area contributed by atoms with E-state index in [1.54, 1.807) is 6.92 Å². The number of hydrogen-bond donors (Lipinski definition) is 0. The summed E-state index contributed by atoms with van der Waals surface area (Å²) in [6.07, 6.45) is -0.0524. The first-order chi connectivity index (χ1) is 10.4. The van der Waals surface area contributed by atoms with Gasteiger partial charge in [0.1, 0.15) is 12.2 Å². The van der Waals surface area contributed by atoms with Crippen LogP contribution < -0.4 is 0 Å². The lowest BCUT2D eigenvalue weighted by atomic mass is 10.3. The number of rotatable bonds is 5. The lowest BCUT2D eigenvalue weighted by Crippen LogP contribution is -2.07. The quantitative estimate of drug-likeness (QED) is 0.433. The average molecular weight is 334 g/mol. The second-order valence-corrected chi connectivity index (χ2v) is 5.00. The largest absolute Gasteiger partial charge is 0.466 e. The molecular weight excluding hydrogens is 304 g/mol. The number of ether oxygens (including phenoxy) is 3. The van der Waals surface area contributed by atoms with E-state index in [2.05, 4.69) is 14.2 Å². The predicted octanol–water partition coefficient (Wildman–Crippen LogP) is 2.44. The molecule has 7 nitrogen and oxygen atoms in total. The van der Waals surface area contributed by atoms with Crippen molar-refractivity contribution in [2.45, 2.75) is 74.0 Å². The highest BCUT2D eigenvalue weighted by Gasteiger charge is 2.03. The maximum absolute atomic E-state index is 10.4. The molecule has 0 saturated heterocycles. The monoisotopic (exact) mass is 334 g/mol. The lowest BCUT2D eigenvalue weighted by molar-refractivity contribution is -0.146. The number of carbonyl (C=O) groups is 4. The molecule has 0 aromatic heterocycles. The highest BCUT2D eigenvalue weighted by molar-refractivity contribution is 5.94. The fourth-order valence-corrected chi connectivity index (χ4v) is 1.08. The van der Waals surface area contributed by atoms with Gasteiger partial charge >= 0.3 is 17.9 Å². The van der Waals surface area contributed by atoms with Crippen molar-refractivity contribution < 1.29 is 33.4 Å². The fraction of sp³-hybridized carbons (Fsp3) is 0.750. The van der Waals surface area contributed by atoms with Gasteiger partial charge in [0, 0.05) is 13.8 Å². The maximum Gasteiger partial charge on any atom is 0.313 e. The molecule has 0 amide bonds. The van der Waals surface area contributed by atoms with Gasteiger partial charge in [0.15, 0.2) is 0 Å². The second-order valence-electron chi connectivity index (χ2n) is 5.00. The van der Waals surface area contributed by atoms with Gasteiger partial charge in [-0.3, -0.25) is 19.2 Å². The minimum Gasteiger partial charge on any atom is -0.466 e. The first-order valence-electron chi connectivity index (χ1n) is 7.41. The molecule has 0 saturated carbocycles. The normalized spacial score (nSPS) is 8.96. The van der Waals surface area contributed by atoms with E-state index in [0.29, 0.717) is 6.61 Å². The standard InChI is InChI=1S/C6H10O3.2C5H10O2/c1-3-9-6(8)4-5(2)7;2*1-4(2)7-5(3)6/h3-4H2,1-2H3;2*4H,1-3H3. The van der Waals surface area contributed by atoms with Crippen LogP contribution in [0.3, 0.4) is 0 Å². The van der Waals surface area contributed by atoms with Crippen LogP contribution >= 0.6 is 0 Å². The van der Waals surface area contributed by atoms with E-state index < -0.39 is 5.97 Å². The molecule has 0 fully saturated rings. The van der Waals surface area contributed by atoms with Gasteiger partial charge in [-0.05, 0) is 41.5 Å². The van der Waals surface area contributed by atoms with Gasteiger partial charge in [0.25, 0.3) is 0 Å². The van der Waals surface area contributed by atoms with Crippen molar-refractivity contribution in [3.63, 3.8) is 0 Å². The molecule has 0 aromatic rings. The SMILES string of the molecule is CC(=O)OC(C)C.CC(=O)OC(C)C.CCOC(=O)CC(C)=O. The molecule has 0 aliphatic heterocycles. The second kappa shape index (κ2) is 16.5.